The fourth-order valence-electron chi connectivity index (χ4n) is 3.73. The molecule has 4 rings (SSSR count). The minimum atomic E-state index is -0.0128. The van der Waals surface area contributed by atoms with Crippen LogP contribution in [0.4, 0.5) is 0 Å². The first-order valence-electron chi connectivity index (χ1n) is 8.78. The summed E-state index contributed by atoms with van der Waals surface area (Å²) in [7, 11) is 1.78. The lowest BCUT2D eigenvalue weighted by atomic mass is 10.1. The van der Waals surface area contributed by atoms with Gasteiger partial charge in [-0.1, -0.05) is 0 Å². The smallest absolute Gasteiger partial charge is 0.297 e. The van der Waals surface area contributed by atoms with Crippen LogP contribution in [0.1, 0.15) is 31.4 Å². The second kappa shape index (κ2) is 6.44. The third kappa shape index (κ3) is 2.86. The molecule has 1 atom stereocenters. The van der Waals surface area contributed by atoms with Crippen LogP contribution in [0.25, 0.3) is 11.2 Å². The van der Waals surface area contributed by atoms with Gasteiger partial charge in [-0.05, 0) is 26.3 Å². The van der Waals surface area contributed by atoms with Crippen LogP contribution >= 0.6 is 0 Å². The van der Waals surface area contributed by atoms with E-state index in [9.17, 15) is 4.79 Å². The molecule has 0 N–H and O–H groups in total. The van der Waals surface area contributed by atoms with E-state index in [4.69, 9.17) is 0 Å². The van der Waals surface area contributed by atoms with Crippen molar-refractivity contribution in [1.29, 1.82) is 0 Å². The monoisotopic (exact) mass is 341 g/mol. The van der Waals surface area contributed by atoms with Crippen molar-refractivity contribution < 1.29 is 0 Å². The summed E-state index contributed by atoms with van der Waals surface area (Å²) in [5, 5.41) is 4.35. The quantitative estimate of drug-likeness (QED) is 0.712. The Hall–Kier alpha value is -2.48. The summed E-state index contributed by atoms with van der Waals surface area (Å²) in [4.78, 5) is 23.5. The number of piperidine rings is 1. The highest BCUT2D eigenvalue weighted by Crippen LogP contribution is 2.24. The predicted octanol–water partition coefficient (Wildman–Crippen LogP) is 1.18. The summed E-state index contributed by atoms with van der Waals surface area (Å²) < 4.78 is 5.43. The van der Waals surface area contributed by atoms with Crippen LogP contribution in [0.5, 0.6) is 0 Å². The molecule has 3 aromatic heterocycles. The Labute approximate surface area is 145 Å². The van der Waals surface area contributed by atoms with Gasteiger partial charge in [-0.15, -0.1) is 0 Å². The highest BCUT2D eigenvalue weighted by Gasteiger charge is 2.26. The number of hydrogen-bond donors (Lipinski definition) is 0. The van der Waals surface area contributed by atoms with Crippen LogP contribution in [0, 0.1) is 0 Å². The molecule has 1 aliphatic heterocycles. The predicted molar refractivity (Wildman–Crippen MR) is 94.2 cm³/mol. The van der Waals surface area contributed by atoms with Crippen molar-refractivity contribution in [2.45, 2.75) is 38.9 Å². The maximum atomic E-state index is 12.7. The topological polar surface area (TPSA) is 73.8 Å². The van der Waals surface area contributed by atoms with Crippen LogP contribution in [-0.4, -0.2) is 46.9 Å². The van der Waals surface area contributed by atoms with Crippen LogP contribution in [0.3, 0.4) is 0 Å². The second-order valence-electron chi connectivity index (χ2n) is 6.68. The first-order valence-corrected chi connectivity index (χ1v) is 8.78. The number of rotatable bonds is 4. The number of imidazole rings is 1. The average Bonchev–Trinajstić information content (AvgIpc) is 3.19. The molecule has 0 radical (unpaired) electrons. The molecular formula is C17H23N7O. The van der Waals surface area contributed by atoms with E-state index in [2.05, 4.69) is 33.1 Å². The molecule has 0 aromatic carbocycles. The Balaban J connectivity index is 1.59. The molecule has 25 heavy (non-hydrogen) atoms. The summed E-state index contributed by atoms with van der Waals surface area (Å²) in [6.45, 7) is 5.73. The van der Waals surface area contributed by atoms with Crippen molar-refractivity contribution >= 4 is 11.2 Å². The number of nitrogens with zero attached hydrogens (tertiary/aromatic N) is 7. The Morgan fingerprint density at radius 1 is 1.32 bits per heavy atom. The molecular weight excluding hydrogens is 318 g/mol. The van der Waals surface area contributed by atoms with Gasteiger partial charge in [0.15, 0.2) is 5.65 Å². The van der Waals surface area contributed by atoms with Crippen molar-refractivity contribution in [3.63, 3.8) is 0 Å². The molecule has 4 heterocycles. The van der Waals surface area contributed by atoms with Crippen molar-refractivity contribution in [3.8, 4) is 0 Å². The zero-order valence-corrected chi connectivity index (χ0v) is 14.7. The van der Waals surface area contributed by atoms with Gasteiger partial charge in [-0.2, -0.15) is 5.10 Å². The third-order valence-electron chi connectivity index (χ3n) is 5.02. The molecule has 132 valence electrons. The zero-order valence-electron chi connectivity index (χ0n) is 14.7. The molecule has 0 amide bonds. The molecule has 1 aliphatic rings. The van der Waals surface area contributed by atoms with E-state index in [1.165, 1.54) is 11.9 Å². The Morgan fingerprint density at radius 2 is 2.20 bits per heavy atom. The van der Waals surface area contributed by atoms with Gasteiger partial charge in [-0.3, -0.25) is 18.7 Å². The molecule has 8 nitrogen and oxygen atoms in total. The number of fused-ring (bicyclic) bond motifs is 1. The second-order valence-corrected chi connectivity index (χ2v) is 6.68. The minimum Gasteiger partial charge on any atom is -0.297 e. The van der Waals surface area contributed by atoms with Crippen LogP contribution in [0.2, 0.25) is 0 Å². The first kappa shape index (κ1) is 16.0. The lowest BCUT2D eigenvalue weighted by molar-refractivity contribution is 0.170. The molecule has 1 unspecified atom stereocenters. The van der Waals surface area contributed by atoms with Gasteiger partial charge < -0.3 is 0 Å². The summed E-state index contributed by atoms with van der Waals surface area (Å²) in [6, 6.07) is 0.140. The SMILES string of the molecule is CCn1cc(CN2CCCC(n3c(=O)n(C)c4cncnc43)C2)cn1. The minimum absolute atomic E-state index is 0.0128. The lowest BCUT2D eigenvalue weighted by Crippen LogP contribution is -2.39. The van der Waals surface area contributed by atoms with Crippen LogP contribution in [0.15, 0.2) is 29.7 Å². The van der Waals surface area contributed by atoms with Gasteiger partial charge in [0.2, 0.25) is 0 Å². The van der Waals surface area contributed by atoms with E-state index in [1.54, 1.807) is 17.8 Å². The summed E-state index contributed by atoms with van der Waals surface area (Å²) in [6.07, 6.45) is 9.32. The van der Waals surface area contributed by atoms with Gasteiger partial charge in [0.05, 0.1) is 18.4 Å². The van der Waals surface area contributed by atoms with Crippen molar-refractivity contribution in [2.75, 3.05) is 13.1 Å². The Bertz CT molecular complexity index is 938. The van der Waals surface area contributed by atoms with E-state index in [-0.39, 0.29) is 11.7 Å². The van der Waals surface area contributed by atoms with E-state index >= 15 is 0 Å². The maximum absolute atomic E-state index is 12.7. The van der Waals surface area contributed by atoms with Gasteiger partial charge in [0.1, 0.15) is 11.8 Å². The van der Waals surface area contributed by atoms with Crippen LogP contribution < -0.4 is 5.69 Å². The van der Waals surface area contributed by atoms with Crippen molar-refractivity contribution in [3.05, 3.63) is 41.0 Å². The van der Waals surface area contributed by atoms with Gasteiger partial charge in [-0.25, -0.2) is 14.8 Å². The zero-order chi connectivity index (χ0) is 17.4. The number of aromatic nitrogens is 6. The molecule has 1 saturated heterocycles. The summed E-state index contributed by atoms with van der Waals surface area (Å²) in [5.41, 5.74) is 2.72. The molecule has 1 fully saturated rings. The lowest BCUT2D eigenvalue weighted by Gasteiger charge is -2.32. The van der Waals surface area contributed by atoms with Crippen LogP contribution in [-0.2, 0) is 20.1 Å². The fourth-order valence-corrected chi connectivity index (χ4v) is 3.73. The molecule has 0 spiro atoms. The Morgan fingerprint density at radius 3 is 3.00 bits per heavy atom. The molecule has 0 bridgehead atoms. The number of hydrogen-bond acceptors (Lipinski definition) is 5. The summed E-state index contributed by atoms with van der Waals surface area (Å²) >= 11 is 0. The number of likely N-dealkylation sites (tertiary alicyclic amines) is 1. The molecule has 8 heteroatoms. The third-order valence-corrected chi connectivity index (χ3v) is 5.02. The van der Waals surface area contributed by atoms with E-state index in [0.29, 0.717) is 0 Å². The molecule has 3 aromatic rings. The number of aryl methyl sites for hydroxylation is 2. The highest BCUT2D eigenvalue weighted by molar-refractivity contribution is 5.70. The van der Waals surface area contributed by atoms with E-state index in [1.807, 2.05) is 15.4 Å². The first-order chi connectivity index (χ1) is 12.2. The fraction of sp³-hybridized carbons (Fsp3) is 0.529. The van der Waals surface area contributed by atoms with Crippen molar-refractivity contribution in [1.82, 2.24) is 33.8 Å². The summed E-state index contributed by atoms with van der Waals surface area (Å²) in [5.74, 6) is 0. The highest BCUT2D eigenvalue weighted by atomic mass is 16.1. The van der Waals surface area contributed by atoms with Gasteiger partial charge in [0.25, 0.3) is 0 Å². The van der Waals surface area contributed by atoms with Gasteiger partial charge in [0, 0.05) is 38.4 Å². The standard InChI is InChI=1S/C17H23N7O/c1-3-23-10-13(7-20-23)9-22-6-4-5-14(11-22)24-16-15(8-18-12-19-16)21(2)17(24)25/h7-8,10,12,14H,3-6,9,11H2,1-2H3. The van der Waals surface area contributed by atoms with E-state index in [0.717, 1.165) is 50.2 Å². The van der Waals surface area contributed by atoms with E-state index < -0.39 is 0 Å². The maximum Gasteiger partial charge on any atom is 0.330 e. The normalized spacial score (nSPS) is 18.9. The largest absolute Gasteiger partial charge is 0.330 e. The average molecular weight is 341 g/mol. The van der Waals surface area contributed by atoms with Crippen molar-refractivity contribution in [2.24, 2.45) is 7.05 Å². The molecule has 0 aliphatic carbocycles. The Kier molecular flexibility index (Phi) is 4.12. The molecule has 0 saturated carbocycles. The van der Waals surface area contributed by atoms with Gasteiger partial charge >= 0.3 is 5.69 Å².